The topological polar surface area (TPSA) is 12.4 Å². The van der Waals surface area contributed by atoms with E-state index < -0.39 is 0 Å². The molecule has 0 saturated carbocycles. The van der Waals surface area contributed by atoms with Gasteiger partial charge in [0, 0.05) is 30.5 Å². The highest BCUT2D eigenvalue weighted by Crippen LogP contribution is 2.39. The van der Waals surface area contributed by atoms with E-state index in [0.717, 1.165) is 24.8 Å². The molecule has 0 aromatic rings. The number of rotatable bonds is 0. The molecular formula is C12H15N. The fraction of sp³-hybridized carbons (Fsp3) is 0.583. The predicted octanol–water partition coefficient (Wildman–Crippen LogP) is 2.60. The first-order valence-corrected chi connectivity index (χ1v) is 5.32. The zero-order valence-corrected chi connectivity index (χ0v) is 7.82. The van der Waals surface area contributed by atoms with Gasteiger partial charge in [0.05, 0.1) is 0 Å². The minimum Gasteiger partial charge on any atom is -0.293 e. The standard InChI is InChI=1S/C12H15N/c1-3-9-5-2-6-11-12(9)10(4-1)7-8-13-11/h1-3,5,9-10,12H,4,6-8H2. The van der Waals surface area contributed by atoms with E-state index in [-0.39, 0.29) is 0 Å². The van der Waals surface area contributed by atoms with Gasteiger partial charge in [0.2, 0.25) is 0 Å². The molecule has 1 heterocycles. The molecule has 13 heavy (non-hydrogen) atoms. The van der Waals surface area contributed by atoms with Crippen LogP contribution in [0.5, 0.6) is 0 Å². The Labute approximate surface area is 79.3 Å². The number of aliphatic imine (C=N–C) groups is 1. The Morgan fingerprint density at radius 2 is 2.15 bits per heavy atom. The second kappa shape index (κ2) is 2.83. The van der Waals surface area contributed by atoms with Gasteiger partial charge in [-0.15, -0.1) is 0 Å². The summed E-state index contributed by atoms with van der Waals surface area (Å²) in [5.41, 5.74) is 1.48. The number of nitrogens with zero attached hydrogens (tertiary/aromatic N) is 1. The van der Waals surface area contributed by atoms with E-state index in [2.05, 4.69) is 29.3 Å². The Balaban J connectivity index is 2.04. The quantitative estimate of drug-likeness (QED) is 0.499. The maximum atomic E-state index is 4.67. The molecule has 0 bridgehead atoms. The summed E-state index contributed by atoms with van der Waals surface area (Å²) in [5, 5.41) is 0. The fourth-order valence-electron chi connectivity index (χ4n) is 2.99. The first kappa shape index (κ1) is 7.54. The second-order valence-electron chi connectivity index (χ2n) is 4.32. The van der Waals surface area contributed by atoms with Gasteiger partial charge in [-0.05, 0) is 18.8 Å². The second-order valence-corrected chi connectivity index (χ2v) is 4.32. The lowest BCUT2D eigenvalue weighted by Crippen LogP contribution is -2.36. The van der Waals surface area contributed by atoms with Gasteiger partial charge in [0.25, 0.3) is 0 Å². The third-order valence-electron chi connectivity index (χ3n) is 3.60. The molecule has 0 spiro atoms. The van der Waals surface area contributed by atoms with Crippen LogP contribution in [0.4, 0.5) is 0 Å². The molecule has 0 fully saturated rings. The van der Waals surface area contributed by atoms with E-state index in [1.807, 2.05) is 0 Å². The van der Waals surface area contributed by atoms with E-state index in [4.69, 9.17) is 0 Å². The van der Waals surface area contributed by atoms with Gasteiger partial charge in [-0.1, -0.05) is 24.3 Å². The summed E-state index contributed by atoms with van der Waals surface area (Å²) in [6.45, 7) is 1.07. The van der Waals surface area contributed by atoms with Gasteiger partial charge in [-0.3, -0.25) is 4.99 Å². The lowest BCUT2D eigenvalue weighted by molar-refractivity contribution is 0.322. The Bertz CT molecular complexity index is 298. The first-order valence-electron chi connectivity index (χ1n) is 5.32. The van der Waals surface area contributed by atoms with E-state index in [1.54, 1.807) is 0 Å². The van der Waals surface area contributed by atoms with Crippen LogP contribution in [0.25, 0.3) is 0 Å². The van der Waals surface area contributed by atoms with Crippen molar-refractivity contribution in [2.24, 2.45) is 22.7 Å². The van der Waals surface area contributed by atoms with Crippen molar-refractivity contribution < 1.29 is 0 Å². The third kappa shape index (κ3) is 1.10. The monoisotopic (exact) mass is 173 g/mol. The van der Waals surface area contributed by atoms with Crippen LogP contribution in [0.1, 0.15) is 19.3 Å². The maximum Gasteiger partial charge on any atom is 0.0391 e. The highest BCUT2D eigenvalue weighted by molar-refractivity contribution is 5.90. The van der Waals surface area contributed by atoms with Crippen LogP contribution in [-0.4, -0.2) is 12.3 Å². The minimum atomic E-state index is 0.673. The molecule has 0 amide bonds. The highest BCUT2D eigenvalue weighted by Gasteiger charge is 2.35. The summed E-state index contributed by atoms with van der Waals surface area (Å²) in [6.07, 6.45) is 13.1. The molecule has 1 aliphatic heterocycles. The van der Waals surface area contributed by atoms with E-state index in [0.29, 0.717) is 5.92 Å². The molecule has 0 N–H and O–H groups in total. The van der Waals surface area contributed by atoms with Crippen molar-refractivity contribution >= 4 is 5.71 Å². The lowest BCUT2D eigenvalue weighted by atomic mass is 9.68. The van der Waals surface area contributed by atoms with Crippen LogP contribution in [-0.2, 0) is 0 Å². The molecule has 0 saturated heterocycles. The van der Waals surface area contributed by atoms with Crippen LogP contribution >= 0.6 is 0 Å². The Morgan fingerprint density at radius 1 is 1.23 bits per heavy atom. The molecule has 0 radical (unpaired) electrons. The smallest absolute Gasteiger partial charge is 0.0391 e. The molecule has 1 heteroatoms. The number of hydrogen-bond acceptors (Lipinski definition) is 1. The SMILES string of the molecule is C1=CC2C=CCC3CCN=C(C1)C23. The Morgan fingerprint density at radius 3 is 3.15 bits per heavy atom. The normalized spacial score (nSPS) is 41.2. The molecule has 2 aliphatic carbocycles. The van der Waals surface area contributed by atoms with Crippen LogP contribution < -0.4 is 0 Å². The van der Waals surface area contributed by atoms with E-state index in [9.17, 15) is 0 Å². The van der Waals surface area contributed by atoms with Crippen molar-refractivity contribution in [2.45, 2.75) is 19.3 Å². The van der Waals surface area contributed by atoms with Gasteiger partial charge in [-0.2, -0.15) is 0 Å². The maximum absolute atomic E-state index is 4.67. The van der Waals surface area contributed by atoms with Crippen molar-refractivity contribution in [1.82, 2.24) is 0 Å². The highest BCUT2D eigenvalue weighted by atomic mass is 14.8. The average Bonchev–Trinajstić information content (AvgIpc) is 2.19. The Hall–Kier alpha value is -0.850. The molecule has 3 aliphatic rings. The molecule has 3 rings (SSSR count). The van der Waals surface area contributed by atoms with Gasteiger partial charge in [0.15, 0.2) is 0 Å². The van der Waals surface area contributed by atoms with Crippen molar-refractivity contribution in [3.63, 3.8) is 0 Å². The molecule has 3 unspecified atom stereocenters. The van der Waals surface area contributed by atoms with Gasteiger partial charge >= 0.3 is 0 Å². The van der Waals surface area contributed by atoms with Crippen LogP contribution in [0.3, 0.4) is 0 Å². The summed E-state index contributed by atoms with van der Waals surface area (Å²) in [6, 6.07) is 0. The van der Waals surface area contributed by atoms with Crippen molar-refractivity contribution in [3.05, 3.63) is 24.3 Å². The van der Waals surface area contributed by atoms with Crippen molar-refractivity contribution in [1.29, 1.82) is 0 Å². The largest absolute Gasteiger partial charge is 0.293 e. The predicted molar refractivity (Wildman–Crippen MR) is 54.9 cm³/mol. The summed E-state index contributed by atoms with van der Waals surface area (Å²) in [7, 11) is 0. The van der Waals surface area contributed by atoms with Gasteiger partial charge in [0.1, 0.15) is 0 Å². The van der Waals surface area contributed by atoms with Crippen LogP contribution in [0, 0.1) is 17.8 Å². The minimum absolute atomic E-state index is 0.673. The number of allylic oxidation sites excluding steroid dienone is 4. The Kier molecular flexibility index (Phi) is 1.64. The first-order chi connectivity index (χ1) is 6.45. The molecule has 3 atom stereocenters. The zero-order chi connectivity index (χ0) is 8.67. The lowest BCUT2D eigenvalue weighted by Gasteiger charge is -2.39. The summed E-state index contributed by atoms with van der Waals surface area (Å²) in [4.78, 5) is 4.67. The third-order valence-corrected chi connectivity index (χ3v) is 3.60. The summed E-state index contributed by atoms with van der Waals surface area (Å²) >= 11 is 0. The van der Waals surface area contributed by atoms with Gasteiger partial charge < -0.3 is 0 Å². The molecule has 0 aromatic heterocycles. The van der Waals surface area contributed by atoms with E-state index >= 15 is 0 Å². The van der Waals surface area contributed by atoms with E-state index in [1.165, 1.54) is 18.6 Å². The molecule has 68 valence electrons. The van der Waals surface area contributed by atoms with Crippen molar-refractivity contribution in [3.8, 4) is 0 Å². The fourth-order valence-corrected chi connectivity index (χ4v) is 2.99. The van der Waals surface area contributed by atoms with Crippen LogP contribution in [0.15, 0.2) is 29.3 Å². The zero-order valence-electron chi connectivity index (χ0n) is 7.82. The summed E-state index contributed by atoms with van der Waals surface area (Å²) in [5.74, 6) is 2.34. The van der Waals surface area contributed by atoms with Crippen molar-refractivity contribution in [2.75, 3.05) is 6.54 Å². The number of hydrogen-bond donors (Lipinski definition) is 0. The molecule has 1 nitrogen and oxygen atoms in total. The molecule has 0 aromatic carbocycles. The summed E-state index contributed by atoms with van der Waals surface area (Å²) < 4.78 is 0. The van der Waals surface area contributed by atoms with Crippen LogP contribution in [0.2, 0.25) is 0 Å². The van der Waals surface area contributed by atoms with Gasteiger partial charge in [-0.25, -0.2) is 0 Å². The molecular weight excluding hydrogens is 158 g/mol. The average molecular weight is 173 g/mol.